The number of aromatic nitrogens is 2. The van der Waals surface area contributed by atoms with Crippen molar-refractivity contribution in [2.45, 2.75) is 26.3 Å². The Morgan fingerprint density at radius 1 is 1.19 bits per heavy atom. The zero-order valence-corrected chi connectivity index (χ0v) is 14.8. The van der Waals surface area contributed by atoms with Crippen LogP contribution in [-0.4, -0.2) is 22.6 Å². The van der Waals surface area contributed by atoms with Crippen molar-refractivity contribution >= 4 is 17.3 Å². The molecular weight excluding hydrogens is 324 g/mol. The van der Waals surface area contributed by atoms with Crippen LogP contribution < -0.4 is 10.2 Å². The van der Waals surface area contributed by atoms with Gasteiger partial charge in [-0.1, -0.05) is 24.3 Å². The summed E-state index contributed by atoms with van der Waals surface area (Å²) in [7, 11) is 0. The maximum absolute atomic E-state index is 11.3. The molecule has 4 rings (SSSR count). The van der Waals surface area contributed by atoms with Gasteiger partial charge in [0, 0.05) is 37.6 Å². The summed E-state index contributed by atoms with van der Waals surface area (Å²) in [6, 6.07) is 16.8. The summed E-state index contributed by atoms with van der Waals surface area (Å²) >= 11 is 0. The molecule has 0 fully saturated rings. The Kier molecular flexibility index (Phi) is 4.44. The zero-order valence-electron chi connectivity index (χ0n) is 14.8. The van der Waals surface area contributed by atoms with Crippen LogP contribution in [0.25, 0.3) is 11.3 Å². The highest BCUT2D eigenvalue weighted by Crippen LogP contribution is 2.31. The Labute approximate surface area is 153 Å². The number of carbonyl (C=O) groups is 1. The van der Waals surface area contributed by atoms with Crippen LogP contribution >= 0.6 is 0 Å². The fourth-order valence-electron chi connectivity index (χ4n) is 3.55. The largest absolute Gasteiger partial charge is 0.367 e. The summed E-state index contributed by atoms with van der Waals surface area (Å²) in [5, 5.41) is 9.87. The van der Waals surface area contributed by atoms with E-state index in [1.165, 1.54) is 16.8 Å². The molecule has 1 aliphatic heterocycles. The maximum atomic E-state index is 11.3. The molecule has 2 aromatic carbocycles. The van der Waals surface area contributed by atoms with Crippen LogP contribution in [0.1, 0.15) is 24.5 Å². The molecule has 1 aliphatic rings. The predicted octanol–water partition coefficient (Wildman–Crippen LogP) is 3.99. The molecule has 132 valence electrons. The second kappa shape index (κ2) is 7.04. The molecular formula is C21H22N4O. The van der Waals surface area contributed by atoms with E-state index in [4.69, 9.17) is 0 Å². The molecule has 0 bridgehead atoms. The number of H-pyrrole nitrogens is 1. The summed E-state index contributed by atoms with van der Waals surface area (Å²) < 4.78 is 0. The number of hydrogen-bond donors (Lipinski definition) is 2. The molecule has 0 aliphatic carbocycles. The number of aromatic amines is 1. The van der Waals surface area contributed by atoms with Crippen molar-refractivity contribution in [1.82, 2.24) is 10.2 Å². The molecule has 0 atom stereocenters. The molecule has 2 N–H and O–H groups in total. The minimum Gasteiger partial charge on any atom is -0.367 e. The number of nitrogens with one attached hydrogen (secondary N) is 2. The van der Waals surface area contributed by atoms with Crippen molar-refractivity contribution < 1.29 is 4.79 Å². The highest BCUT2D eigenvalue weighted by molar-refractivity contribution is 5.89. The molecule has 0 unspecified atom stereocenters. The average Bonchev–Trinajstić information content (AvgIpc) is 3.16. The van der Waals surface area contributed by atoms with E-state index in [1.54, 1.807) is 13.1 Å². The van der Waals surface area contributed by atoms with Gasteiger partial charge < -0.3 is 10.2 Å². The van der Waals surface area contributed by atoms with Gasteiger partial charge in [0.2, 0.25) is 5.91 Å². The van der Waals surface area contributed by atoms with E-state index in [2.05, 4.69) is 56.8 Å². The Morgan fingerprint density at radius 3 is 2.77 bits per heavy atom. The van der Waals surface area contributed by atoms with Gasteiger partial charge >= 0.3 is 0 Å². The number of amides is 1. The topological polar surface area (TPSA) is 61.0 Å². The van der Waals surface area contributed by atoms with Crippen molar-refractivity contribution in [2.24, 2.45) is 0 Å². The van der Waals surface area contributed by atoms with Crippen molar-refractivity contribution in [3.8, 4) is 11.3 Å². The van der Waals surface area contributed by atoms with Gasteiger partial charge in [0.25, 0.3) is 0 Å². The molecule has 1 aromatic heterocycles. The maximum Gasteiger partial charge on any atom is 0.221 e. The lowest BCUT2D eigenvalue weighted by atomic mass is 10.00. The van der Waals surface area contributed by atoms with Crippen LogP contribution in [0.3, 0.4) is 0 Å². The van der Waals surface area contributed by atoms with Gasteiger partial charge in [-0.05, 0) is 53.8 Å². The summed E-state index contributed by atoms with van der Waals surface area (Å²) in [4.78, 5) is 13.7. The first-order valence-electron chi connectivity index (χ1n) is 8.93. The summed E-state index contributed by atoms with van der Waals surface area (Å²) in [6.07, 6.45) is 3.95. The molecule has 5 heteroatoms. The van der Waals surface area contributed by atoms with Crippen LogP contribution in [-0.2, 0) is 17.8 Å². The molecule has 1 amide bonds. The average molecular weight is 346 g/mol. The molecule has 3 aromatic rings. The molecule has 5 nitrogen and oxygen atoms in total. The predicted molar refractivity (Wildman–Crippen MR) is 104 cm³/mol. The molecule has 2 heterocycles. The smallest absolute Gasteiger partial charge is 0.221 e. The molecule has 0 radical (unpaired) electrons. The van der Waals surface area contributed by atoms with Crippen molar-refractivity contribution in [3.63, 3.8) is 0 Å². The number of fused-ring (bicyclic) bond motifs is 1. The normalized spacial score (nSPS) is 13.3. The van der Waals surface area contributed by atoms with Gasteiger partial charge in [-0.3, -0.25) is 9.89 Å². The lowest BCUT2D eigenvalue weighted by Crippen LogP contribution is -2.28. The summed E-state index contributed by atoms with van der Waals surface area (Å²) in [6.45, 7) is 3.48. The highest BCUT2D eigenvalue weighted by Gasteiger charge is 2.17. The van der Waals surface area contributed by atoms with Gasteiger partial charge in [0.15, 0.2) is 0 Å². The number of anilines is 2. The Balaban J connectivity index is 1.52. The lowest BCUT2D eigenvalue weighted by Gasteiger charge is -2.32. The Hall–Kier alpha value is -3.08. The van der Waals surface area contributed by atoms with E-state index in [9.17, 15) is 4.79 Å². The van der Waals surface area contributed by atoms with Crippen LogP contribution in [0.4, 0.5) is 11.4 Å². The number of nitrogens with zero attached hydrogens (tertiary/aromatic N) is 2. The number of aryl methyl sites for hydroxylation is 1. The van der Waals surface area contributed by atoms with Crippen LogP contribution in [0.2, 0.25) is 0 Å². The first-order valence-corrected chi connectivity index (χ1v) is 8.93. The number of benzene rings is 2. The molecule has 0 spiro atoms. The number of rotatable bonds is 4. The fraction of sp³-hybridized carbons (Fsp3) is 0.238. The monoisotopic (exact) mass is 346 g/mol. The van der Waals surface area contributed by atoms with Crippen molar-refractivity contribution in [3.05, 3.63) is 65.9 Å². The molecule has 0 saturated carbocycles. The van der Waals surface area contributed by atoms with E-state index in [-0.39, 0.29) is 5.91 Å². The van der Waals surface area contributed by atoms with Crippen molar-refractivity contribution in [1.29, 1.82) is 0 Å². The second-order valence-corrected chi connectivity index (χ2v) is 6.72. The second-order valence-electron chi connectivity index (χ2n) is 6.72. The molecule has 0 saturated heterocycles. The molecule has 26 heavy (non-hydrogen) atoms. The minimum absolute atomic E-state index is 0.0324. The minimum atomic E-state index is -0.0324. The van der Waals surface area contributed by atoms with Crippen LogP contribution in [0.15, 0.2) is 54.7 Å². The van der Waals surface area contributed by atoms with Crippen molar-refractivity contribution in [2.75, 3.05) is 16.8 Å². The van der Waals surface area contributed by atoms with E-state index < -0.39 is 0 Å². The van der Waals surface area contributed by atoms with E-state index in [0.717, 1.165) is 42.9 Å². The third kappa shape index (κ3) is 3.47. The first-order chi connectivity index (χ1) is 12.7. The lowest BCUT2D eigenvalue weighted by molar-refractivity contribution is -0.114. The Morgan fingerprint density at radius 2 is 2.04 bits per heavy atom. The van der Waals surface area contributed by atoms with Crippen LogP contribution in [0, 0.1) is 0 Å². The summed E-state index contributed by atoms with van der Waals surface area (Å²) in [5.41, 5.74) is 6.91. The summed E-state index contributed by atoms with van der Waals surface area (Å²) in [5.74, 6) is -0.0324. The van der Waals surface area contributed by atoms with E-state index in [0.29, 0.717) is 0 Å². The highest BCUT2D eigenvalue weighted by atomic mass is 16.1. The van der Waals surface area contributed by atoms with Crippen LogP contribution in [0.5, 0.6) is 0 Å². The number of hydrogen-bond acceptors (Lipinski definition) is 3. The van der Waals surface area contributed by atoms with Gasteiger partial charge in [-0.25, -0.2) is 0 Å². The third-order valence-electron chi connectivity index (χ3n) is 4.75. The standard InChI is InChI=1S/C21H22N4O/c1-15(26)23-19-8-9-21-18(13-19)3-2-12-25(21)14-16-4-6-17(7-5-16)20-10-11-22-24-20/h4-11,13H,2-3,12,14H2,1H3,(H,22,24)(H,23,26). The van der Waals surface area contributed by atoms with Gasteiger partial charge in [0.1, 0.15) is 0 Å². The van der Waals surface area contributed by atoms with Gasteiger partial charge in [-0.15, -0.1) is 0 Å². The SMILES string of the molecule is CC(=O)Nc1ccc2c(c1)CCCN2Cc1ccc(-c2ccn[nH]2)cc1. The zero-order chi connectivity index (χ0) is 17.9. The van der Waals surface area contributed by atoms with E-state index >= 15 is 0 Å². The number of carbonyl (C=O) groups excluding carboxylic acids is 1. The Bertz CT molecular complexity index is 900. The fourth-order valence-corrected chi connectivity index (χ4v) is 3.55. The van der Waals surface area contributed by atoms with Gasteiger partial charge in [-0.2, -0.15) is 5.10 Å². The quantitative estimate of drug-likeness (QED) is 0.751. The first kappa shape index (κ1) is 16.4. The van der Waals surface area contributed by atoms with E-state index in [1.807, 2.05) is 12.1 Å². The van der Waals surface area contributed by atoms with Gasteiger partial charge in [0.05, 0.1) is 5.69 Å². The third-order valence-corrected chi connectivity index (χ3v) is 4.75.